The van der Waals surface area contributed by atoms with Crippen LogP contribution in [0.1, 0.15) is 20.3 Å². The lowest BCUT2D eigenvalue weighted by Gasteiger charge is -2.26. The summed E-state index contributed by atoms with van der Waals surface area (Å²) in [6, 6.07) is 13.2. The summed E-state index contributed by atoms with van der Waals surface area (Å²) < 4.78 is 16.9. The van der Waals surface area contributed by atoms with Crippen molar-refractivity contribution >= 4 is 40.1 Å². The lowest BCUT2D eigenvalue weighted by molar-refractivity contribution is -0.114. The molecule has 1 saturated heterocycles. The highest BCUT2D eigenvalue weighted by Crippen LogP contribution is 2.32. The summed E-state index contributed by atoms with van der Waals surface area (Å²) in [5, 5.41) is 12.6. The molecule has 2 aliphatic heterocycles. The number of nitrogens with one attached hydrogen (secondary N) is 2. The molecule has 0 unspecified atom stereocenters. The van der Waals surface area contributed by atoms with E-state index in [9.17, 15) is 4.79 Å². The van der Waals surface area contributed by atoms with Gasteiger partial charge in [-0.15, -0.1) is 5.11 Å². The monoisotopic (exact) mass is 575 g/mol. The van der Waals surface area contributed by atoms with Crippen LogP contribution < -0.4 is 15.5 Å². The molecule has 0 spiro atoms. The van der Waals surface area contributed by atoms with Crippen molar-refractivity contribution in [1.29, 1.82) is 0 Å². The number of carbonyl (C=O) groups excluding carboxylic acids is 1. The van der Waals surface area contributed by atoms with E-state index < -0.39 is 0 Å². The van der Waals surface area contributed by atoms with Crippen LogP contribution in [0.25, 0.3) is 10.9 Å². The second-order valence-corrected chi connectivity index (χ2v) is 10.7. The minimum absolute atomic E-state index is 0.118. The number of carbonyl (C=O) groups is 1. The molecule has 3 heterocycles. The average molecular weight is 576 g/mol. The Labute approximate surface area is 243 Å². The summed E-state index contributed by atoms with van der Waals surface area (Å²) in [7, 11) is 0. The molecule has 5 rings (SSSR count). The molecule has 0 aliphatic carbocycles. The van der Waals surface area contributed by atoms with Gasteiger partial charge in [0.05, 0.1) is 37.3 Å². The highest BCUT2D eigenvalue weighted by Gasteiger charge is 2.13. The molecule has 3 aromatic rings. The zero-order valence-electron chi connectivity index (χ0n) is 23.1. The van der Waals surface area contributed by atoms with Crippen LogP contribution >= 0.6 is 11.8 Å². The maximum atomic E-state index is 11.3. The number of nitrogens with zero attached hydrogens (tertiary/aromatic N) is 5. The van der Waals surface area contributed by atoms with Crippen LogP contribution in [0.2, 0.25) is 0 Å². The van der Waals surface area contributed by atoms with Gasteiger partial charge in [0, 0.05) is 48.6 Å². The first-order valence-electron chi connectivity index (χ1n) is 13.5. The summed E-state index contributed by atoms with van der Waals surface area (Å²) in [4.78, 5) is 24.1. The van der Waals surface area contributed by atoms with Crippen LogP contribution in [-0.2, 0) is 14.3 Å². The van der Waals surface area contributed by atoms with Gasteiger partial charge in [-0.2, -0.15) is 0 Å². The van der Waals surface area contributed by atoms with E-state index in [-0.39, 0.29) is 5.91 Å². The largest absolute Gasteiger partial charge is 0.495 e. The van der Waals surface area contributed by atoms with E-state index >= 15 is 0 Å². The van der Waals surface area contributed by atoms with Crippen molar-refractivity contribution in [3.8, 4) is 5.75 Å². The van der Waals surface area contributed by atoms with Gasteiger partial charge in [-0.05, 0) is 73.2 Å². The first-order valence-corrected chi connectivity index (χ1v) is 14.3. The van der Waals surface area contributed by atoms with Crippen molar-refractivity contribution in [3.05, 3.63) is 66.1 Å². The van der Waals surface area contributed by atoms with E-state index in [1.54, 1.807) is 6.26 Å². The molecule has 11 nitrogen and oxygen atoms in total. The van der Waals surface area contributed by atoms with Gasteiger partial charge in [-0.1, -0.05) is 5.22 Å². The molecule has 0 radical (unpaired) electrons. The Kier molecular flexibility index (Phi) is 9.78. The third-order valence-corrected chi connectivity index (χ3v) is 7.12. The van der Waals surface area contributed by atoms with Gasteiger partial charge in [0.1, 0.15) is 12.4 Å². The molecular formula is C29H33N7O4S. The molecule has 0 bridgehead atoms. The molecule has 2 N–H and O–H groups in total. The lowest BCUT2D eigenvalue weighted by atomic mass is 10.2. The lowest BCUT2D eigenvalue weighted by Crippen LogP contribution is -2.37. The Morgan fingerprint density at radius 1 is 1.15 bits per heavy atom. The summed E-state index contributed by atoms with van der Waals surface area (Å²) in [5.74, 6) is 1.05. The molecule has 1 fully saturated rings. The van der Waals surface area contributed by atoms with Crippen LogP contribution in [0.15, 0.2) is 86.5 Å². The van der Waals surface area contributed by atoms with E-state index in [4.69, 9.17) is 19.2 Å². The standard InChI is InChI=1S/C29H33N7O4S/c1-20-16-23(19-39-18-20)33-35-34-28-26-9-6-24(40-13-3-10-36-11-14-38-15-12-36)17-27(26)31-29(32-28)41-25-7-4-22(5-8-25)30-21(2)37/h4-9,16-18H,3,10-15,19H2,1-2H3,(H,30,37)(H,31,32,33,34). The van der Waals surface area contributed by atoms with Crippen molar-refractivity contribution < 1.29 is 19.0 Å². The van der Waals surface area contributed by atoms with E-state index in [2.05, 4.69) is 31.0 Å². The zero-order chi connectivity index (χ0) is 28.4. The second-order valence-electron chi connectivity index (χ2n) is 9.63. The summed E-state index contributed by atoms with van der Waals surface area (Å²) in [6.07, 6.45) is 4.58. The van der Waals surface area contributed by atoms with Gasteiger partial charge in [0.15, 0.2) is 11.0 Å². The van der Waals surface area contributed by atoms with E-state index in [1.165, 1.54) is 18.7 Å². The van der Waals surface area contributed by atoms with E-state index in [1.807, 2.05) is 55.5 Å². The van der Waals surface area contributed by atoms with Gasteiger partial charge in [-0.3, -0.25) is 15.1 Å². The highest BCUT2D eigenvalue weighted by atomic mass is 32.2. The summed E-state index contributed by atoms with van der Waals surface area (Å²) >= 11 is 1.40. The molecule has 1 aromatic heterocycles. The molecule has 2 aliphatic rings. The predicted molar refractivity (Wildman–Crippen MR) is 157 cm³/mol. The number of aromatic nitrogens is 2. The van der Waals surface area contributed by atoms with Gasteiger partial charge < -0.3 is 19.5 Å². The minimum atomic E-state index is -0.118. The maximum absolute atomic E-state index is 11.3. The molecule has 0 saturated carbocycles. The second kappa shape index (κ2) is 14.1. The Hall–Kier alpha value is -4.00. The Morgan fingerprint density at radius 3 is 2.76 bits per heavy atom. The van der Waals surface area contributed by atoms with Gasteiger partial charge in [0.25, 0.3) is 0 Å². The van der Waals surface area contributed by atoms with E-state index in [0.29, 0.717) is 29.7 Å². The summed E-state index contributed by atoms with van der Waals surface area (Å²) in [5.41, 5.74) is 6.16. The van der Waals surface area contributed by atoms with Crippen LogP contribution in [0.3, 0.4) is 0 Å². The summed E-state index contributed by atoms with van der Waals surface area (Å²) in [6.45, 7) is 8.94. The van der Waals surface area contributed by atoms with Crippen molar-refractivity contribution in [3.63, 3.8) is 0 Å². The average Bonchev–Trinajstić information content (AvgIpc) is 2.96. The minimum Gasteiger partial charge on any atom is -0.495 e. The SMILES string of the molecule is CC(=O)Nc1ccc(Sc2nc(N=NNC3=CC(C)=COC3)c3ccc(OCCCN4CCOCC4)cc3n2)cc1. The number of anilines is 1. The number of allylic oxidation sites excluding steroid dienone is 2. The number of hydrogen-bond acceptors (Lipinski definition) is 10. The molecule has 12 heteroatoms. The topological polar surface area (TPSA) is 123 Å². The van der Waals surface area contributed by atoms with Crippen molar-refractivity contribution in [2.24, 2.45) is 10.3 Å². The Morgan fingerprint density at radius 2 is 1.98 bits per heavy atom. The fourth-order valence-corrected chi connectivity index (χ4v) is 5.08. The van der Waals surface area contributed by atoms with Crippen molar-refractivity contribution in [2.45, 2.75) is 30.3 Å². The Bertz CT molecular complexity index is 1450. The zero-order valence-corrected chi connectivity index (χ0v) is 23.9. The quantitative estimate of drug-likeness (QED) is 0.137. The van der Waals surface area contributed by atoms with Crippen LogP contribution in [0.5, 0.6) is 5.75 Å². The number of ether oxygens (including phenoxy) is 3. The molecule has 1 amide bonds. The van der Waals surface area contributed by atoms with Crippen molar-refractivity contribution in [2.75, 3.05) is 51.4 Å². The first kappa shape index (κ1) is 28.5. The number of morpholine rings is 1. The number of hydrogen-bond donors (Lipinski definition) is 2. The number of rotatable bonds is 11. The third-order valence-electron chi connectivity index (χ3n) is 6.25. The van der Waals surface area contributed by atoms with Gasteiger partial charge in [0.2, 0.25) is 5.91 Å². The smallest absolute Gasteiger partial charge is 0.221 e. The number of amides is 1. The highest BCUT2D eigenvalue weighted by molar-refractivity contribution is 7.99. The molecule has 214 valence electrons. The van der Waals surface area contributed by atoms with Gasteiger partial charge >= 0.3 is 0 Å². The van der Waals surface area contributed by atoms with Crippen LogP contribution in [0.4, 0.5) is 11.5 Å². The number of benzene rings is 2. The fraction of sp³-hybridized carbons (Fsp3) is 0.345. The third kappa shape index (κ3) is 8.49. The molecule has 0 atom stereocenters. The molecule has 2 aromatic carbocycles. The van der Waals surface area contributed by atoms with Crippen LogP contribution in [0, 0.1) is 0 Å². The van der Waals surface area contributed by atoms with Gasteiger partial charge in [-0.25, -0.2) is 9.97 Å². The normalized spacial score (nSPS) is 15.8. The predicted octanol–water partition coefficient (Wildman–Crippen LogP) is 5.25. The molecular weight excluding hydrogens is 542 g/mol. The fourth-order valence-electron chi connectivity index (χ4n) is 4.32. The first-order chi connectivity index (χ1) is 20.0. The maximum Gasteiger partial charge on any atom is 0.221 e. The number of fused-ring (bicyclic) bond motifs is 1. The van der Waals surface area contributed by atoms with E-state index in [0.717, 1.165) is 72.3 Å². The Balaban J connectivity index is 1.33. The molecule has 41 heavy (non-hydrogen) atoms. The van der Waals surface area contributed by atoms with Crippen molar-refractivity contribution in [1.82, 2.24) is 20.3 Å². The van der Waals surface area contributed by atoms with Crippen LogP contribution in [-0.4, -0.2) is 66.8 Å².